The van der Waals surface area contributed by atoms with Gasteiger partial charge in [-0.05, 0) is 74.6 Å². The molecule has 0 N–H and O–H groups in total. The van der Waals surface area contributed by atoms with Gasteiger partial charge in [0.15, 0.2) is 5.82 Å². The van der Waals surface area contributed by atoms with Gasteiger partial charge in [-0.25, -0.2) is 4.39 Å². The van der Waals surface area contributed by atoms with Gasteiger partial charge in [-0.1, -0.05) is 11.2 Å². The van der Waals surface area contributed by atoms with Crippen molar-refractivity contribution in [2.24, 2.45) is 0 Å². The van der Waals surface area contributed by atoms with Gasteiger partial charge in [0.2, 0.25) is 0 Å². The molecule has 9 heteroatoms. The fourth-order valence-electron chi connectivity index (χ4n) is 4.23. The first-order valence-corrected chi connectivity index (χ1v) is 10.8. The third-order valence-corrected chi connectivity index (χ3v) is 6.23. The molecule has 8 nitrogen and oxygen atoms in total. The van der Waals surface area contributed by atoms with Crippen LogP contribution in [-0.4, -0.2) is 42.5 Å². The highest BCUT2D eigenvalue weighted by molar-refractivity contribution is 5.98. The number of amides is 1. The molecule has 0 spiro atoms. The first-order valence-electron chi connectivity index (χ1n) is 10.8. The number of aromatic nitrogens is 5. The summed E-state index contributed by atoms with van der Waals surface area (Å²) in [5, 5.41) is 12.6. The highest BCUT2D eigenvalue weighted by Gasteiger charge is 2.35. The Bertz CT molecular complexity index is 1330. The van der Waals surface area contributed by atoms with Crippen LogP contribution in [0.1, 0.15) is 51.8 Å². The summed E-state index contributed by atoms with van der Waals surface area (Å²) in [5.41, 5.74) is 4.19. The molecular formula is C24H23FN6O2. The Morgan fingerprint density at radius 1 is 1.12 bits per heavy atom. The van der Waals surface area contributed by atoms with Crippen LogP contribution in [-0.2, 0) is 0 Å². The third kappa shape index (κ3) is 3.69. The Balaban J connectivity index is 1.49. The van der Waals surface area contributed by atoms with Crippen LogP contribution >= 0.6 is 0 Å². The summed E-state index contributed by atoms with van der Waals surface area (Å²) in [4.78, 5) is 21.5. The van der Waals surface area contributed by atoms with E-state index in [0.717, 1.165) is 17.5 Å². The normalized spacial score (nSPS) is 15.9. The lowest BCUT2D eigenvalue weighted by Gasteiger charge is -2.24. The lowest BCUT2D eigenvalue weighted by atomic mass is 10.0. The number of likely N-dealkylation sites (tertiary alicyclic amines) is 1. The van der Waals surface area contributed by atoms with Gasteiger partial charge >= 0.3 is 0 Å². The zero-order chi connectivity index (χ0) is 23.1. The Kier molecular flexibility index (Phi) is 5.24. The number of nitrogens with zero attached hydrogens (tertiary/aromatic N) is 6. The monoisotopic (exact) mass is 446 g/mol. The summed E-state index contributed by atoms with van der Waals surface area (Å²) in [5.74, 6) is 0.191. The second-order valence-electron chi connectivity index (χ2n) is 8.30. The van der Waals surface area contributed by atoms with Gasteiger partial charge in [-0.15, -0.1) is 0 Å². The lowest BCUT2D eigenvalue weighted by Crippen LogP contribution is -2.32. The number of benzene rings is 2. The minimum absolute atomic E-state index is 0.138. The first kappa shape index (κ1) is 21.0. The smallest absolute Gasteiger partial charge is 0.258 e. The van der Waals surface area contributed by atoms with Crippen LogP contribution < -0.4 is 0 Å². The standard InChI is InChI=1S/C24H23FN6O2/c1-14-12-18(21(13-15(14)2)31-26-9-10-27-31)24(32)30-11-5-8-20(30)22-28-23(33-29-22)17-6-4-7-19(25)16(17)3/h4,6-7,9-10,12-13,20H,5,8,11H2,1-3H3. The summed E-state index contributed by atoms with van der Waals surface area (Å²) in [6.07, 6.45) is 4.70. The van der Waals surface area contributed by atoms with Crippen molar-refractivity contribution in [2.75, 3.05) is 6.54 Å². The first-order chi connectivity index (χ1) is 15.9. The van der Waals surface area contributed by atoms with E-state index in [1.165, 1.54) is 10.9 Å². The number of aryl methyl sites for hydroxylation is 2. The molecule has 2 aromatic carbocycles. The molecule has 1 atom stereocenters. The van der Waals surface area contributed by atoms with Crippen molar-refractivity contribution in [3.63, 3.8) is 0 Å². The van der Waals surface area contributed by atoms with E-state index in [2.05, 4.69) is 20.3 Å². The minimum Gasteiger partial charge on any atom is -0.334 e. The Morgan fingerprint density at radius 2 is 1.88 bits per heavy atom. The number of hydrogen-bond acceptors (Lipinski definition) is 6. The van der Waals surface area contributed by atoms with Crippen molar-refractivity contribution in [1.29, 1.82) is 0 Å². The molecule has 1 saturated heterocycles. The molecule has 5 rings (SSSR count). The van der Waals surface area contributed by atoms with E-state index in [4.69, 9.17) is 4.52 Å². The topological polar surface area (TPSA) is 89.9 Å². The van der Waals surface area contributed by atoms with Crippen LogP contribution in [0.4, 0.5) is 4.39 Å². The molecule has 2 aromatic heterocycles. The number of halogens is 1. The molecular weight excluding hydrogens is 423 g/mol. The Hall–Kier alpha value is -3.88. The maximum atomic E-state index is 14.0. The molecule has 0 aliphatic carbocycles. The zero-order valence-electron chi connectivity index (χ0n) is 18.6. The van der Waals surface area contributed by atoms with E-state index in [1.54, 1.807) is 36.4 Å². The maximum Gasteiger partial charge on any atom is 0.258 e. The fourth-order valence-corrected chi connectivity index (χ4v) is 4.23. The van der Waals surface area contributed by atoms with Crippen molar-refractivity contribution in [1.82, 2.24) is 30.0 Å². The molecule has 0 radical (unpaired) electrons. The van der Waals surface area contributed by atoms with Gasteiger partial charge in [0.25, 0.3) is 11.8 Å². The largest absolute Gasteiger partial charge is 0.334 e. The molecule has 3 heterocycles. The van der Waals surface area contributed by atoms with Crippen LogP contribution in [0.2, 0.25) is 0 Å². The average molecular weight is 446 g/mol. The maximum absolute atomic E-state index is 14.0. The third-order valence-electron chi connectivity index (χ3n) is 6.23. The van der Waals surface area contributed by atoms with Gasteiger partial charge in [-0.3, -0.25) is 4.79 Å². The molecule has 0 saturated carbocycles. The predicted molar refractivity (Wildman–Crippen MR) is 118 cm³/mol. The van der Waals surface area contributed by atoms with Gasteiger partial charge in [0.05, 0.1) is 29.7 Å². The molecule has 1 aliphatic heterocycles. The molecule has 1 fully saturated rings. The van der Waals surface area contributed by atoms with E-state index in [9.17, 15) is 9.18 Å². The SMILES string of the molecule is Cc1cc(C(=O)N2CCCC2c2noc(-c3cccc(F)c3C)n2)c(-n2nccn2)cc1C. The van der Waals surface area contributed by atoms with Crippen LogP contribution in [0.25, 0.3) is 17.1 Å². The molecule has 33 heavy (non-hydrogen) atoms. The van der Waals surface area contributed by atoms with Gasteiger partial charge in [0, 0.05) is 12.1 Å². The van der Waals surface area contributed by atoms with Crippen LogP contribution in [0, 0.1) is 26.6 Å². The van der Waals surface area contributed by atoms with Gasteiger partial charge in [0.1, 0.15) is 5.82 Å². The Labute approximate surface area is 190 Å². The van der Waals surface area contributed by atoms with E-state index in [-0.39, 0.29) is 23.7 Å². The Morgan fingerprint density at radius 3 is 2.67 bits per heavy atom. The van der Waals surface area contributed by atoms with Crippen LogP contribution in [0.3, 0.4) is 0 Å². The number of carbonyl (C=O) groups is 1. The summed E-state index contributed by atoms with van der Waals surface area (Å²) in [6.45, 7) is 6.21. The molecule has 1 aliphatic rings. The zero-order valence-corrected chi connectivity index (χ0v) is 18.6. The van der Waals surface area contributed by atoms with E-state index in [1.807, 2.05) is 26.0 Å². The summed E-state index contributed by atoms with van der Waals surface area (Å²) >= 11 is 0. The minimum atomic E-state index is -0.334. The summed E-state index contributed by atoms with van der Waals surface area (Å²) < 4.78 is 19.4. The van der Waals surface area contributed by atoms with E-state index >= 15 is 0 Å². The van der Waals surface area contributed by atoms with Crippen LogP contribution in [0.5, 0.6) is 0 Å². The quantitative estimate of drug-likeness (QED) is 0.463. The second kappa shape index (κ2) is 8.23. The molecule has 168 valence electrons. The molecule has 1 amide bonds. The van der Waals surface area contributed by atoms with Gasteiger partial charge < -0.3 is 9.42 Å². The highest BCUT2D eigenvalue weighted by atomic mass is 19.1. The molecule has 0 bridgehead atoms. The fraction of sp³-hybridized carbons (Fsp3) is 0.292. The van der Waals surface area contributed by atoms with Crippen molar-refractivity contribution >= 4 is 5.91 Å². The average Bonchev–Trinajstić information content (AvgIpc) is 3.58. The highest BCUT2D eigenvalue weighted by Crippen LogP contribution is 2.34. The van der Waals surface area contributed by atoms with E-state index in [0.29, 0.717) is 41.2 Å². The van der Waals surface area contributed by atoms with Crippen molar-refractivity contribution < 1.29 is 13.7 Å². The lowest BCUT2D eigenvalue weighted by molar-refractivity contribution is 0.0728. The second-order valence-corrected chi connectivity index (χ2v) is 8.30. The molecule has 1 unspecified atom stereocenters. The van der Waals surface area contributed by atoms with Crippen LogP contribution in [0.15, 0.2) is 47.2 Å². The molecule has 4 aromatic rings. The summed E-state index contributed by atoms with van der Waals surface area (Å²) in [7, 11) is 0. The number of hydrogen-bond donors (Lipinski definition) is 0. The van der Waals surface area contributed by atoms with Crippen molar-refractivity contribution in [3.05, 3.63) is 76.6 Å². The van der Waals surface area contributed by atoms with E-state index < -0.39 is 0 Å². The van der Waals surface area contributed by atoms with Crippen molar-refractivity contribution in [3.8, 4) is 17.1 Å². The number of rotatable bonds is 4. The van der Waals surface area contributed by atoms with Gasteiger partial charge in [-0.2, -0.15) is 20.0 Å². The van der Waals surface area contributed by atoms with Crippen molar-refractivity contribution in [2.45, 2.75) is 39.7 Å². The predicted octanol–water partition coefficient (Wildman–Crippen LogP) is 4.36. The summed E-state index contributed by atoms with van der Waals surface area (Å²) in [6, 6.07) is 8.21. The number of carbonyl (C=O) groups excluding carboxylic acids is 1.